The fourth-order valence-corrected chi connectivity index (χ4v) is 4.83. The number of hydrogen-bond donors (Lipinski definition) is 1. The predicted molar refractivity (Wildman–Crippen MR) is 124 cm³/mol. The third kappa shape index (κ3) is 5.86. The number of benzene rings is 2. The van der Waals surface area contributed by atoms with Crippen molar-refractivity contribution in [2.24, 2.45) is 0 Å². The molecule has 5 nitrogen and oxygen atoms in total. The predicted octanol–water partition coefficient (Wildman–Crippen LogP) is 3.57. The maximum absolute atomic E-state index is 12.7. The lowest BCUT2D eigenvalue weighted by Gasteiger charge is -2.32. The lowest BCUT2D eigenvalue weighted by atomic mass is 9.81. The summed E-state index contributed by atoms with van der Waals surface area (Å²) in [7, 11) is 3.89. The number of carbonyl (C=O) groups excluding carboxylic acids is 1. The van der Waals surface area contributed by atoms with Crippen LogP contribution in [-0.2, 0) is 24.3 Å². The van der Waals surface area contributed by atoms with Crippen LogP contribution in [0.4, 0.5) is 0 Å². The van der Waals surface area contributed by atoms with Gasteiger partial charge < -0.3 is 15.0 Å². The summed E-state index contributed by atoms with van der Waals surface area (Å²) in [5.74, 6) is 1.34. The SMILES string of the molecule is COc1ccc2c(c1)CCCC2CC(=O)NCc1cccc(CN2CCN(C)CC2)c1. The first-order valence-electron chi connectivity index (χ1n) is 11.5. The molecule has 1 amide bonds. The zero-order valence-corrected chi connectivity index (χ0v) is 18.9. The van der Waals surface area contributed by atoms with E-state index in [9.17, 15) is 4.79 Å². The molecule has 1 N–H and O–H groups in total. The van der Waals surface area contributed by atoms with E-state index in [0.29, 0.717) is 18.9 Å². The Balaban J connectivity index is 1.30. The summed E-state index contributed by atoms with van der Waals surface area (Å²) >= 11 is 0. The average molecular weight is 422 g/mol. The number of fused-ring (bicyclic) bond motifs is 1. The minimum atomic E-state index is 0.137. The summed E-state index contributed by atoms with van der Waals surface area (Å²) in [6, 6.07) is 14.9. The average Bonchev–Trinajstić information content (AvgIpc) is 2.79. The van der Waals surface area contributed by atoms with Gasteiger partial charge in [-0.25, -0.2) is 0 Å². The van der Waals surface area contributed by atoms with Crippen molar-refractivity contribution >= 4 is 5.91 Å². The molecule has 0 spiro atoms. The second kappa shape index (κ2) is 10.3. The topological polar surface area (TPSA) is 44.8 Å². The van der Waals surface area contributed by atoms with Gasteiger partial charge in [0.25, 0.3) is 0 Å². The van der Waals surface area contributed by atoms with Gasteiger partial charge in [-0.1, -0.05) is 30.3 Å². The molecule has 31 heavy (non-hydrogen) atoms. The molecule has 0 radical (unpaired) electrons. The van der Waals surface area contributed by atoms with Crippen molar-refractivity contribution in [1.29, 1.82) is 0 Å². The van der Waals surface area contributed by atoms with Crippen LogP contribution in [0.5, 0.6) is 5.75 Å². The standard InChI is InChI=1S/C26H35N3O2/c1-28-11-13-29(14-12-28)19-21-6-3-5-20(15-21)18-27-26(30)17-23-8-4-7-22-16-24(31-2)9-10-25(22)23/h3,5-6,9-10,15-16,23H,4,7-8,11-14,17-19H2,1-2H3,(H,27,30). The highest BCUT2D eigenvalue weighted by Gasteiger charge is 2.23. The molecule has 1 aliphatic heterocycles. The summed E-state index contributed by atoms with van der Waals surface area (Å²) in [5.41, 5.74) is 5.15. The number of ether oxygens (including phenoxy) is 1. The van der Waals surface area contributed by atoms with E-state index in [-0.39, 0.29) is 5.91 Å². The lowest BCUT2D eigenvalue weighted by Crippen LogP contribution is -2.43. The molecule has 1 unspecified atom stereocenters. The molecule has 5 heteroatoms. The van der Waals surface area contributed by atoms with Gasteiger partial charge in [-0.15, -0.1) is 0 Å². The highest BCUT2D eigenvalue weighted by Crippen LogP contribution is 2.35. The lowest BCUT2D eigenvalue weighted by molar-refractivity contribution is -0.121. The Labute approximate surface area is 186 Å². The Bertz CT molecular complexity index is 890. The molecule has 1 atom stereocenters. The van der Waals surface area contributed by atoms with Crippen LogP contribution in [0, 0.1) is 0 Å². The van der Waals surface area contributed by atoms with Crippen molar-refractivity contribution in [1.82, 2.24) is 15.1 Å². The maximum atomic E-state index is 12.7. The first-order valence-corrected chi connectivity index (χ1v) is 11.5. The van der Waals surface area contributed by atoms with E-state index < -0.39 is 0 Å². The van der Waals surface area contributed by atoms with Crippen LogP contribution in [0.15, 0.2) is 42.5 Å². The maximum Gasteiger partial charge on any atom is 0.220 e. The zero-order chi connectivity index (χ0) is 21.6. The monoisotopic (exact) mass is 421 g/mol. The first-order chi connectivity index (χ1) is 15.1. The molecular formula is C26H35N3O2. The van der Waals surface area contributed by atoms with Gasteiger partial charge >= 0.3 is 0 Å². The molecule has 1 heterocycles. The fraction of sp³-hybridized carbons (Fsp3) is 0.500. The molecule has 1 aliphatic carbocycles. The number of rotatable bonds is 7. The summed E-state index contributed by atoms with van der Waals surface area (Å²) in [5, 5.41) is 3.15. The molecule has 1 fully saturated rings. The van der Waals surface area contributed by atoms with E-state index in [1.54, 1.807) is 7.11 Å². The van der Waals surface area contributed by atoms with E-state index >= 15 is 0 Å². The quantitative estimate of drug-likeness (QED) is 0.742. The van der Waals surface area contributed by atoms with Crippen LogP contribution in [0.3, 0.4) is 0 Å². The van der Waals surface area contributed by atoms with Crippen molar-refractivity contribution < 1.29 is 9.53 Å². The van der Waals surface area contributed by atoms with Crippen LogP contribution in [-0.4, -0.2) is 56.0 Å². The highest BCUT2D eigenvalue weighted by molar-refractivity contribution is 5.77. The van der Waals surface area contributed by atoms with Crippen molar-refractivity contribution in [3.63, 3.8) is 0 Å². The largest absolute Gasteiger partial charge is 0.497 e. The zero-order valence-electron chi connectivity index (χ0n) is 18.9. The molecule has 0 saturated carbocycles. The van der Waals surface area contributed by atoms with Gasteiger partial charge in [0.2, 0.25) is 5.91 Å². The number of nitrogens with one attached hydrogen (secondary N) is 1. The molecular weight excluding hydrogens is 386 g/mol. The van der Waals surface area contributed by atoms with Gasteiger partial charge in [-0.05, 0) is 66.6 Å². The molecule has 2 aromatic rings. The number of nitrogens with zero attached hydrogens (tertiary/aromatic N) is 2. The van der Waals surface area contributed by atoms with Crippen LogP contribution in [0.25, 0.3) is 0 Å². The molecule has 1 saturated heterocycles. The Kier molecular flexibility index (Phi) is 7.25. The van der Waals surface area contributed by atoms with Gasteiger partial charge in [0.1, 0.15) is 5.75 Å². The summed E-state index contributed by atoms with van der Waals surface area (Å²) in [6.07, 6.45) is 3.84. The third-order valence-corrected chi connectivity index (χ3v) is 6.70. The van der Waals surface area contributed by atoms with Crippen molar-refractivity contribution in [3.8, 4) is 5.75 Å². The van der Waals surface area contributed by atoms with E-state index in [0.717, 1.165) is 57.7 Å². The Morgan fingerprint density at radius 2 is 1.90 bits per heavy atom. The molecule has 0 aromatic heterocycles. The van der Waals surface area contributed by atoms with Crippen molar-refractivity contribution in [3.05, 3.63) is 64.7 Å². The Morgan fingerprint density at radius 1 is 1.10 bits per heavy atom. The second-order valence-corrected chi connectivity index (χ2v) is 9.03. The first kappa shape index (κ1) is 21.8. The smallest absolute Gasteiger partial charge is 0.220 e. The number of methoxy groups -OCH3 is 1. The molecule has 4 rings (SSSR count). The van der Waals surface area contributed by atoms with Crippen molar-refractivity contribution in [2.75, 3.05) is 40.3 Å². The van der Waals surface area contributed by atoms with Crippen molar-refractivity contribution in [2.45, 2.75) is 44.7 Å². The molecule has 166 valence electrons. The second-order valence-electron chi connectivity index (χ2n) is 9.03. The van der Waals surface area contributed by atoms with Crippen LogP contribution in [0.2, 0.25) is 0 Å². The van der Waals surface area contributed by atoms with Gasteiger partial charge in [0.05, 0.1) is 7.11 Å². The van der Waals surface area contributed by atoms with Gasteiger partial charge in [0, 0.05) is 45.7 Å². The minimum Gasteiger partial charge on any atom is -0.497 e. The molecule has 2 aromatic carbocycles. The van der Waals surface area contributed by atoms with Gasteiger partial charge in [-0.3, -0.25) is 9.69 Å². The number of aryl methyl sites for hydroxylation is 1. The highest BCUT2D eigenvalue weighted by atomic mass is 16.5. The van der Waals surface area contributed by atoms with Crippen LogP contribution in [0.1, 0.15) is 47.4 Å². The van der Waals surface area contributed by atoms with Crippen LogP contribution < -0.4 is 10.1 Å². The van der Waals surface area contributed by atoms with E-state index in [2.05, 4.69) is 58.6 Å². The number of hydrogen-bond acceptors (Lipinski definition) is 4. The van der Waals surface area contributed by atoms with Gasteiger partial charge in [0.15, 0.2) is 0 Å². The molecule has 2 aliphatic rings. The number of piperazine rings is 1. The summed E-state index contributed by atoms with van der Waals surface area (Å²) in [4.78, 5) is 17.6. The summed E-state index contributed by atoms with van der Waals surface area (Å²) in [6.45, 7) is 6.08. The van der Waals surface area contributed by atoms with E-state index in [4.69, 9.17) is 4.74 Å². The number of carbonyl (C=O) groups is 1. The van der Waals surface area contributed by atoms with E-state index in [1.807, 2.05) is 6.07 Å². The number of amides is 1. The Hall–Kier alpha value is -2.37. The van der Waals surface area contributed by atoms with E-state index in [1.165, 1.54) is 22.3 Å². The normalized spacial score (nSPS) is 19.6. The van der Waals surface area contributed by atoms with Gasteiger partial charge in [-0.2, -0.15) is 0 Å². The van der Waals surface area contributed by atoms with Crippen LogP contribution >= 0.6 is 0 Å². The minimum absolute atomic E-state index is 0.137. The Morgan fingerprint density at radius 3 is 2.71 bits per heavy atom. The fourth-order valence-electron chi connectivity index (χ4n) is 4.83. The number of likely N-dealkylation sites (N-methyl/N-ethyl adjacent to an activating group) is 1. The summed E-state index contributed by atoms with van der Waals surface area (Å²) < 4.78 is 5.36. The molecule has 0 bridgehead atoms. The third-order valence-electron chi connectivity index (χ3n) is 6.70.